The minimum atomic E-state index is -0.766. The van der Waals surface area contributed by atoms with E-state index in [1.165, 1.54) is 6.08 Å². The van der Waals surface area contributed by atoms with Crippen LogP contribution in [0.15, 0.2) is 70.7 Å². The number of rotatable bonds is 5. The molecular weight excluding hydrogens is 611 g/mol. The summed E-state index contributed by atoms with van der Waals surface area (Å²) in [4.78, 5) is 39.2. The lowest BCUT2D eigenvalue weighted by molar-refractivity contribution is -0.122. The molecule has 1 aliphatic heterocycles. The van der Waals surface area contributed by atoms with Crippen LogP contribution in [-0.2, 0) is 16.2 Å². The van der Waals surface area contributed by atoms with Crippen LogP contribution in [0.3, 0.4) is 0 Å². The van der Waals surface area contributed by atoms with Crippen LogP contribution in [0, 0.1) is 17.4 Å². The molecule has 1 N–H and O–H groups in total. The summed E-state index contributed by atoms with van der Waals surface area (Å²) >= 11 is 5.68. The van der Waals surface area contributed by atoms with Crippen LogP contribution in [-0.4, -0.2) is 17.8 Å². The average molecular weight is 631 g/mol. The maximum absolute atomic E-state index is 13.2. The molecule has 0 atom stereocenters. The molecule has 0 unspecified atom stereocenters. The fourth-order valence-electron chi connectivity index (χ4n) is 3.67. The number of imide groups is 2. The molecule has 4 rings (SSSR count). The van der Waals surface area contributed by atoms with Gasteiger partial charge in [0.15, 0.2) is 0 Å². The molecule has 172 valence electrons. The molecule has 4 amide bonds. The van der Waals surface area contributed by atoms with E-state index in [1.807, 2.05) is 56.3 Å². The first-order valence-corrected chi connectivity index (χ1v) is 12.3. The van der Waals surface area contributed by atoms with E-state index < -0.39 is 17.8 Å². The topological polar surface area (TPSA) is 75.7 Å². The maximum Gasteiger partial charge on any atom is 0.335 e. The molecule has 0 saturated carbocycles. The molecule has 8 heteroatoms. The van der Waals surface area contributed by atoms with E-state index in [0.717, 1.165) is 25.2 Å². The van der Waals surface area contributed by atoms with Crippen LogP contribution in [0.1, 0.15) is 22.3 Å². The zero-order chi connectivity index (χ0) is 24.4. The van der Waals surface area contributed by atoms with Crippen molar-refractivity contribution in [3.63, 3.8) is 0 Å². The summed E-state index contributed by atoms with van der Waals surface area (Å²) in [5.41, 5.74) is 3.76. The molecule has 1 heterocycles. The highest BCUT2D eigenvalue weighted by atomic mass is 127. The van der Waals surface area contributed by atoms with Crippen molar-refractivity contribution >= 4 is 68.1 Å². The fourth-order valence-corrected chi connectivity index (χ4v) is 5.44. The molecule has 1 saturated heterocycles. The normalized spacial score (nSPS) is 15.0. The lowest BCUT2D eigenvalue weighted by Crippen LogP contribution is -2.54. The van der Waals surface area contributed by atoms with E-state index in [9.17, 15) is 14.4 Å². The number of hydrogen-bond acceptors (Lipinski definition) is 4. The number of aryl methyl sites for hydroxylation is 2. The molecule has 0 bridgehead atoms. The number of nitrogens with one attached hydrogen (secondary N) is 1. The van der Waals surface area contributed by atoms with Gasteiger partial charge in [-0.15, -0.1) is 0 Å². The van der Waals surface area contributed by atoms with Crippen molar-refractivity contribution in [1.82, 2.24) is 5.32 Å². The van der Waals surface area contributed by atoms with Crippen LogP contribution in [0.4, 0.5) is 10.5 Å². The summed E-state index contributed by atoms with van der Waals surface area (Å²) in [5, 5.41) is 2.27. The second-order valence-electron chi connectivity index (χ2n) is 7.89. The highest BCUT2D eigenvalue weighted by Crippen LogP contribution is 2.34. The molecule has 0 aliphatic carbocycles. The van der Waals surface area contributed by atoms with Gasteiger partial charge in [0, 0.05) is 0 Å². The van der Waals surface area contributed by atoms with Gasteiger partial charge in [-0.25, -0.2) is 9.69 Å². The summed E-state index contributed by atoms with van der Waals surface area (Å²) < 4.78 is 7.47. The predicted molar refractivity (Wildman–Crippen MR) is 143 cm³/mol. The number of amides is 4. The Morgan fingerprint density at radius 3 is 2.32 bits per heavy atom. The van der Waals surface area contributed by atoms with E-state index in [-0.39, 0.29) is 5.57 Å². The summed E-state index contributed by atoms with van der Waals surface area (Å²) in [6.45, 7) is 4.17. The number of halogens is 2. The fraction of sp³-hybridized carbons (Fsp3) is 0.115. The van der Waals surface area contributed by atoms with Gasteiger partial charge in [0.1, 0.15) is 17.9 Å². The molecular formula is C26H20BrIN2O4. The van der Waals surface area contributed by atoms with Gasteiger partial charge in [-0.3, -0.25) is 14.9 Å². The van der Waals surface area contributed by atoms with E-state index in [1.54, 1.807) is 18.2 Å². The Bertz CT molecular complexity index is 1290. The van der Waals surface area contributed by atoms with Crippen molar-refractivity contribution in [1.29, 1.82) is 0 Å². The smallest absolute Gasteiger partial charge is 0.335 e. The number of anilines is 1. The van der Waals surface area contributed by atoms with Crippen molar-refractivity contribution in [2.45, 2.75) is 20.5 Å². The number of carbonyl (C=O) groups is 3. The highest BCUT2D eigenvalue weighted by molar-refractivity contribution is 14.1. The highest BCUT2D eigenvalue weighted by Gasteiger charge is 2.37. The van der Waals surface area contributed by atoms with Crippen molar-refractivity contribution in [2.75, 3.05) is 4.90 Å². The van der Waals surface area contributed by atoms with Gasteiger partial charge >= 0.3 is 6.03 Å². The molecule has 0 spiro atoms. The number of ether oxygens (including phenoxy) is 1. The zero-order valence-electron chi connectivity index (χ0n) is 18.4. The van der Waals surface area contributed by atoms with Gasteiger partial charge in [-0.05, 0) is 105 Å². The van der Waals surface area contributed by atoms with Crippen LogP contribution in [0.5, 0.6) is 5.75 Å². The Morgan fingerprint density at radius 2 is 1.68 bits per heavy atom. The first-order valence-electron chi connectivity index (χ1n) is 10.4. The van der Waals surface area contributed by atoms with E-state index in [4.69, 9.17) is 4.74 Å². The average Bonchev–Trinajstić information content (AvgIpc) is 2.76. The van der Waals surface area contributed by atoms with E-state index in [2.05, 4.69) is 43.8 Å². The lowest BCUT2D eigenvalue weighted by Gasteiger charge is -2.27. The Kier molecular flexibility index (Phi) is 7.18. The molecule has 6 nitrogen and oxygen atoms in total. The SMILES string of the molecule is Cc1cc(C)cc(N2C(=O)NC(=O)/C(=C\c3cc(Br)c(OCc4ccccc4)c(I)c3)C2=O)c1. The minimum absolute atomic E-state index is 0.126. The maximum atomic E-state index is 13.2. The number of benzene rings is 3. The third kappa shape index (κ3) is 5.23. The number of carbonyl (C=O) groups excluding carboxylic acids is 3. The van der Waals surface area contributed by atoms with E-state index in [0.29, 0.717) is 28.1 Å². The minimum Gasteiger partial charge on any atom is -0.487 e. The molecule has 1 aliphatic rings. The second kappa shape index (κ2) is 10.1. The number of barbiturate groups is 1. The quantitative estimate of drug-likeness (QED) is 0.216. The Balaban J connectivity index is 1.63. The monoisotopic (exact) mass is 630 g/mol. The second-order valence-corrected chi connectivity index (χ2v) is 9.91. The van der Waals surface area contributed by atoms with Crippen molar-refractivity contribution in [2.24, 2.45) is 0 Å². The lowest BCUT2D eigenvalue weighted by atomic mass is 10.1. The third-order valence-corrected chi connectivity index (χ3v) is 6.51. The molecule has 1 fully saturated rings. The van der Waals surface area contributed by atoms with Crippen molar-refractivity contribution < 1.29 is 19.1 Å². The molecule has 0 radical (unpaired) electrons. The summed E-state index contributed by atoms with van der Waals surface area (Å²) in [6, 6.07) is 18.0. The largest absolute Gasteiger partial charge is 0.487 e. The van der Waals surface area contributed by atoms with Crippen LogP contribution in [0.25, 0.3) is 6.08 Å². The van der Waals surface area contributed by atoms with Gasteiger partial charge in [0.2, 0.25) is 0 Å². The van der Waals surface area contributed by atoms with Crippen LogP contribution >= 0.6 is 38.5 Å². The van der Waals surface area contributed by atoms with Gasteiger partial charge in [-0.1, -0.05) is 36.4 Å². The third-order valence-electron chi connectivity index (χ3n) is 5.12. The summed E-state index contributed by atoms with van der Waals surface area (Å²) in [7, 11) is 0. The van der Waals surface area contributed by atoms with Crippen LogP contribution in [0.2, 0.25) is 0 Å². The molecule has 3 aromatic rings. The van der Waals surface area contributed by atoms with Gasteiger partial charge in [0.25, 0.3) is 11.8 Å². The van der Waals surface area contributed by atoms with Crippen molar-refractivity contribution in [3.8, 4) is 5.75 Å². The van der Waals surface area contributed by atoms with E-state index >= 15 is 0 Å². The Hall–Kier alpha value is -2.98. The number of urea groups is 1. The zero-order valence-corrected chi connectivity index (χ0v) is 22.1. The van der Waals surface area contributed by atoms with Gasteiger partial charge < -0.3 is 4.74 Å². The first-order chi connectivity index (χ1) is 16.2. The van der Waals surface area contributed by atoms with Crippen LogP contribution < -0.4 is 15.0 Å². The van der Waals surface area contributed by atoms with Crippen molar-refractivity contribution in [3.05, 3.63) is 96.5 Å². The number of hydrogen-bond donors (Lipinski definition) is 1. The Morgan fingerprint density at radius 1 is 1.00 bits per heavy atom. The Labute approximate surface area is 219 Å². The van der Waals surface area contributed by atoms with Gasteiger partial charge in [-0.2, -0.15) is 0 Å². The standard InChI is InChI=1S/C26H20BrIN2O4/c1-15-8-16(2)10-19(9-15)30-25(32)20(24(31)29-26(30)33)11-18-12-21(27)23(22(28)13-18)34-14-17-6-4-3-5-7-17/h3-13H,14H2,1-2H3,(H,29,31,33)/b20-11+. The van der Waals surface area contributed by atoms with Gasteiger partial charge in [0.05, 0.1) is 13.7 Å². The molecule has 34 heavy (non-hydrogen) atoms. The first kappa shape index (κ1) is 24.2. The summed E-state index contributed by atoms with van der Waals surface area (Å²) in [6.07, 6.45) is 1.48. The molecule has 0 aromatic heterocycles. The number of nitrogens with zero attached hydrogens (tertiary/aromatic N) is 1. The summed E-state index contributed by atoms with van der Waals surface area (Å²) in [5.74, 6) is -0.737. The molecule has 3 aromatic carbocycles. The predicted octanol–water partition coefficient (Wildman–Crippen LogP) is 5.92.